The van der Waals surface area contributed by atoms with Gasteiger partial charge in [0.1, 0.15) is 5.75 Å². The predicted octanol–water partition coefficient (Wildman–Crippen LogP) is 3.62. The quantitative estimate of drug-likeness (QED) is 0.675. The van der Waals surface area contributed by atoms with Crippen LogP contribution in [0.25, 0.3) is 21.9 Å². The van der Waals surface area contributed by atoms with Gasteiger partial charge >= 0.3 is 0 Å². The van der Waals surface area contributed by atoms with Crippen LogP contribution in [0.1, 0.15) is 17.3 Å². The summed E-state index contributed by atoms with van der Waals surface area (Å²) in [5.41, 5.74) is 2.75. The van der Waals surface area contributed by atoms with Crippen LogP contribution in [0.2, 0.25) is 0 Å². The van der Waals surface area contributed by atoms with Crippen LogP contribution in [0, 0.1) is 0 Å². The maximum Gasteiger partial charge on any atom is 0.252 e. The van der Waals surface area contributed by atoms with Crippen molar-refractivity contribution in [3.63, 3.8) is 0 Å². The molecule has 1 aliphatic rings. The molecule has 5 nitrogen and oxygen atoms in total. The number of para-hydroxylation sites is 1. The third kappa shape index (κ3) is 4.26. The molecule has 1 aliphatic heterocycles. The molecule has 2 N–H and O–H groups in total. The number of ether oxygens (including phenoxy) is 2. The average Bonchev–Trinajstić information content (AvgIpc) is 2.78. The summed E-state index contributed by atoms with van der Waals surface area (Å²) in [6.45, 7) is 5.38. The minimum absolute atomic E-state index is 0.0105. The van der Waals surface area contributed by atoms with Gasteiger partial charge in [0, 0.05) is 30.8 Å². The molecule has 5 heteroatoms. The highest BCUT2D eigenvalue weighted by atomic mass is 16.5. The van der Waals surface area contributed by atoms with Crippen molar-refractivity contribution < 1.29 is 14.3 Å². The van der Waals surface area contributed by atoms with Gasteiger partial charge in [0.2, 0.25) is 0 Å². The van der Waals surface area contributed by atoms with E-state index in [0.29, 0.717) is 25.3 Å². The van der Waals surface area contributed by atoms with E-state index < -0.39 is 0 Å². The Hall–Kier alpha value is -2.89. The Labute approximate surface area is 171 Å². The summed E-state index contributed by atoms with van der Waals surface area (Å²) in [5, 5.41) is 8.26. The molecule has 0 radical (unpaired) electrons. The third-order valence-corrected chi connectivity index (χ3v) is 5.14. The molecule has 1 saturated heterocycles. The number of rotatable bonds is 6. The normalized spacial score (nSPS) is 16.5. The number of carbonyl (C=O) groups excluding carboxylic acids is 1. The van der Waals surface area contributed by atoms with E-state index in [1.807, 2.05) is 49.4 Å². The summed E-state index contributed by atoms with van der Waals surface area (Å²) in [7, 11) is 0. The average molecular weight is 390 g/mol. The highest BCUT2D eigenvalue weighted by Crippen LogP contribution is 2.35. The van der Waals surface area contributed by atoms with E-state index >= 15 is 0 Å². The Kier molecular flexibility index (Phi) is 6.08. The summed E-state index contributed by atoms with van der Waals surface area (Å²) in [4.78, 5) is 12.9. The minimum atomic E-state index is -0.0833. The smallest absolute Gasteiger partial charge is 0.252 e. The van der Waals surface area contributed by atoms with E-state index in [0.717, 1.165) is 40.7 Å². The zero-order valence-corrected chi connectivity index (χ0v) is 16.6. The van der Waals surface area contributed by atoms with E-state index in [1.54, 1.807) is 0 Å². The van der Waals surface area contributed by atoms with Crippen molar-refractivity contribution in [2.75, 3.05) is 32.8 Å². The standard InChI is InChI=1S/C24H26N2O3/c1-2-28-23-12-4-3-7-21(23)19-9-5-10-20-18(19)8-6-11-22(20)24(27)26-16-17-15-25-13-14-29-17/h3-12,17,25H,2,13-16H2,1H3,(H,26,27). The van der Waals surface area contributed by atoms with Crippen LogP contribution in [-0.2, 0) is 4.74 Å². The minimum Gasteiger partial charge on any atom is -0.493 e. The maximum atomic E-state index is 12.9. The Morgan fingerprint density at radius 3 is 2.69 bits per heavy atom. The lowest BCUT2D eigenvalue weighted by atomic mass is 9.95. The Balaban J connectivity index is 1.66. The molecule has 3 aromatic rings. The fraction of sp³-hybridized carbons (Fsp3) is 0.292. The monoisotopic (exact) mass is 390 g/mol. The van der Waals surface area contributed by atoms with Gasteiger partial charge in [-0.1, -0.05) is 48.5 Å². The van der Waals surface area contributed by atoms with Gasteiger partial charge in [-0.3, -0.25) is 4.79 Å². The van der Waals surface area contributed by atoms with E-state index in [9.17, 15) is 4.79 Å². The molecule has 4 rings (SSSR count). The molecule has 29 heavy (non-hydrogen) atoms. The first-order chi connectivity index (χ1) is 14.3. The molecule has 0 saturated carbocycles. The summed E-state index contributed by atoms with van der Waals surface area (Å²) < 4.78 is 11.5. The lowest BCUT2D eigenvalue weighted by molar-refractivity contribution is 0.0287. The summed E-state index contributed by atoms with van der Waals surface area (Å²) in [6.07, 6.45) is 0.0105. The van der Waals surface area contributed by atoms with Crippen LogP contribution in [0.15, 0.2) is 60.7 Å². The molecule has 1 heterocycles. The number of carbonyl (C=O) groups is 1. The van der Waals surface area contributed by atoms with Crippen LogP contribution < -0.4 is 15.4 Å². The number of nitrogens with one attached hydrogen (secondary N) is 2. The molecule has 0 spiro atoms. The Morgan fingerprint density at radius 2 is 1.86 bits per heavy atom. The number of amides is 1. The van der Waals surface area contributed by atoms with Crippen molar-refractivity contribution in [3.8, 4) is 16.9 Å². The second-order valence-electron chi connectivity index (χ2n) is 7.04. The van der Waals surface area contributed by atoms with Crippen molar-refractivity contribution in [2.45, 2.75) is 13.0 Å². The first-order valence-electron chi connectivity index (χ1n) is 10.1. The molecular formula is C24H26N2O3. The van der Waals surface area contributed by atoms with E-state index in [2.05, 4.69) is 28.8 Å². The van der Waals surface area contributed by atoms with Gasteiger partial charge < -0.3 is 20.1 Å². The summed E-state index contributed by atoms with van der Waals surface area (Å²) in [6, 6.07) is 19.9. The summed E-state index contributed by atoms with van der Waals surface area (Å²) in [5.74, 6) is 0.763. The molecule has 0 aromatic heterocycles. The van der Waals surface area contributed by atoms with Gasteiger partial charge in [0.15, 0.2) is 0 Å². The van der Waals surface area contributed by atoms with Gasteiger partial charge in [-0.15, -0.1) is 0 Å². The predicted molar refractivity (Wildman–Crippen MR) is 115 cm³/mol. The molecule has 1 atom stereocenters. The number of hydrogen-bond donors (Lipinski definition) is 2. The lowest BCUT2D eigenvalue weighted by Gasteiger charge is -2.23. The van der Waals surface area contributed by atoms with Gasteiger partial charge in [0.25, 0.3) is 5.91 Å². The molecule has 1 amide bonds. The largest absolute Gasteiger partial charge is 0.493 e. The molecule has 150 valence electrons. The topological polar surface area (TPSA) is 59.6 Å². The van der Waals surface area contributed by atoms with Gasteiger partial charge in [-0.05, 0) is 35.4 Å². The first-order valence-corrected chi connectivity index (χ1v) is 10.1. The number of morpholine rings is 1. The number of hydrogen-bond acceptors (Lipinski definition) is 4. The molecule has 3 aromatic carbocycles. The van der Waals surface area contributed by atoms with Crippen LogP contribution >= 0.6 is 0 Å². The number of benzene rings is 3. The van der Waals surface area contributed by atoms with Crippen LogP contribution in [0.5, 0.6) is 5.75 Å². The van der Waals surface area contributed by atoms with E-state index in [1.165, 1.54) is 0 Å². The molecule has 1 fully saturated rings. The lowest BCUT2D eigenvalue weighted by Crippen LogP contribution is -2.45. The maximum absolute atomic E-state index is 12.9. The molecule has 0 aliphatic carbocycles. The van der Waals surface area contributed by atoms with Gasteiger partial charge in [0.05, 0.1) is 19.3 Å². The first kappa shape index (κ1) is 19.4. The zero-order valence-electron chi connectivity index (χ0n) is 16.6. The van der Waals surface area contributed by atoms with Crippen LogP contribution in [-0.4, -0.2) is 44.9 Å². The van der Waals surface area contributed by atoms with Crippen LogP contribution in [0.3, 0.4) is 0 Å². The van der Waals surface area contributed by atoms with E-state index in [-0.39, 0.29) is 12.0 Å². The second kappa shape index (κ2) is 9.07. The number of fused-ring (bicyclic) bond motifs is 1. The molecular weight excluding hydrogens is 364 g/mol. The highest BCUT2D eigenvalue weighted by Gasteiger charge is 2.17. The third-order valence-electron chi connectivity index (χ3n) is 5.14. The van der Waals surface area contributed by atoms with Gasteiger partial charge in [-0.2, -0.15) is 0 Å². The summed E-state index contributed by atoms with van der Waals surface area (Å²) >= 11 is 0. The van der Waals surface area contributed by atoms with Crippen molar-refractivity contribution in [1.82, 2.24) is 10.6 Å². The van der Waals surface area contributed by atoms with E-state index in [4.69, 9.17) is 9.47 Å². The van der Waals surface area contributed by atoms with Crippen molar-refractivity contribution >= 4 is 16.7 Å². The highest BCUT2D eigenvalue weighted by molar-refractivity contribution is 6.10. The van der Waals surface area contributed by atoms with Crippen molar-refractivity contribution in [1.29, 1.82) is 0 Å². The molecule has 1 unspecified atom stereocenters. The van der Waals surface area contributed by atoms with Crippen LogP contribution in [0.4, 0.5) is 0 Å². The second-order valence-corrected chi connectivity index (χ2v) is 7.04. The molecule has 0 bridgehead atoms. The van der Waals surface area contributed by atoms with Gasteiger partial charge in [-0.25, -0.2) is 0 Å². The zero-order chi connectivity index (χ0) is 20.1. The Bertz CT molecular complexity index is 996. The SMILES string of the molecule is CCOc1ccccc1-c1cccc2c(C(=O)NCC3CNCCO3)cccc12. The van der Waals surface area contributed by atoms with Crippen molar-refractivity contribution in [3.05, 3.63) is 66.2 Å². The fourth-order valence-electron chi connectivity index (χ4n) is 3.77. The Morgan fingerprint density at radius 1 is 1.07 bits per heavy atom. The fourth-order valence-corrected chi connectivity index (χ4v) is 3.77. The van der Waals surface area contributed by atoms with Crippen molar-refractivity contribution in [2.24, 2.45) is 0 Å².